The minimum Gasteiger partial charge on any atom is -0.475 e. The highest BCUT2D eigenvalue weighted by molar-refractivity contribution is 5.30. The first kappa shape index (κ1) is 13.1. The first-order valence-corrected chi connectivity index (χ1v) is 6.47. The summed E-state index contributed by atoms with van der Waals surface area (Å²) in [6.07, 6.45) is 1.73. The van der Waals surface area contributed by atoms with E-state index >= 15 is 0 Å². The number of rotatable bonds is 5. The summed E-state index contributed by atoms with van der Waals surface area (Å²) < 4.78 is 5.57. The average molecular weight is 251 g/mol. The maximum atomic E-state index is 9.22. The summed E-state index contributed by atoms with van der Waals surface area (Å²) in [6, 6.07) is 1.83. The first-order valence-electron chi connectivity index (χ1n) is 6.47. The van der Waals surface area contributed by atoms with E-state index in [1.165, 1.54) is 0 Å². The zero-order valence-electron chi connectivity index (χ0n) is 11.2. The molecule has 1 aromatic rings. The maximum Gasteiger partial charge on any atom is 0.226 e. The summed E-state index contributed by atoms with van der Waals surface area (Å²) in [6.45, 7) is 6.68. The van der Waals surface area contributed by atoms with Crippen molar-refractivity contribution in [3.63, 3.8) is 0 Å². The van der Waals surface area contributed by atoms with Gasteiger partial charge in [-0.1, -0.05) is 0 Å². The molecule has 1 aliphatic rings. The van der Waals surface area contributed by atoms with Crippen molar-refractivity contribution in [3.05, 3.63) is 11.8 Å². The summed E-state index contributed by atoms with van der Waals surface area (Å²) in [5.74, 6) is 1.74. The fraction of sp³-hybridized carbons (Fsp3) is 0.692. The number of aryl methyl sites for hydroxylation is 1. The van der Waals surface area contributed by atoms with Gasteiger partial charge in [0, 0.05) is 18.3 Å². The van der Waals surface area contributed by atoms with Crippen LogP contribution in [-0.2, 0) is 0 Å². The molecule has 5 nitrogen and oxygen atoms in total. The third-order valence-electron chi connectivity index (χ3n) is 2.95. The predicted molar refractivity (Wildman–Crippen MR) is 69.8 cm³/mol. The van der Waals surface area contributed by atoms with Crippen LogP contribution in [-0.4, -0.2) is 33.8 Å². The van der Waals surface area contributed by atoms with Gasteiger partial charge in [0.15, 0.2) is 0 Å². The highest BCUT2D eigenvalue weighted by Gasteiger charge is 2.26. The fourth-order valence-corrected chi connectivity index (χ4v) is 2.02. The molecule has 0 amide bonds. The van der Waals surface area contributed by atoms with Crippen molar-refractivity contribution in [1.82, 2.24) is 9.97 Å². The number of aliphatic hydroxyl groups excluding tert-OH is 1. The molecule has 1 fully saturated rings. The molecule has 0 aromatic carbocycles. The molecule has 0 unspecified atom stereocenters. The quantitative estimate of drug-likeness (QED) is 0.834. The minimum atomic E-state index is -0.116. The van der Waals surface area contributed by atoms with Gasteiger partial charge in [0.05, 0.1) is 12.2 Å². The number of hydrogen-bond acceptors (Lipinski definition) is 5. The average Bonchev–Trinajstić information content (AvgIpc) is 2.21. The predicted octanol–water partition coefficient (Wildman–Crippen LogP) is 1.76. The molecule has 0 bridgehead atoms. The van der Waals surface area contributed by atoms with Crippen LogP contribution in [0.15, 0.2) is 6.07 Å². The second-order valence-electron chi connectivity index (χ2n) is 5.21. The first-order chi connectivity index (χ1) is 8.52. The molecular weight excluding hydrogens is 230 g/mol. The molecule has 2 rings (SSSR count). The molecule has 18 heavy (non-hydrogen) atoms. The van der Waals surface area contributed by atoms with Gasteiger partial charge in [0.25, 0.3) is 0 Å². The van der Waals surface area contributed by atoms with E-state index in [-0.39, 0.29) is 12.2 Å². The number of ether oxygens (including phenoxy) is 1. The van der Waals surface area contributed by atoms with E-state index in [0.29, 0.717) is 17.7 Å². The van der Waals surface area contributed by atoms with Crippen LogP contribution in [0, 0.1) is 12.8 Å². The molecule has 1 aromatic heterocycles. The van der Waals surface area contributed by atoms with Gasteiger partial charge >= 0.3 is 0 Å². The normalized spacial score (nSPS) is 22.7. The zero-order valence-corrected chi connectivity index (χ0v) is 11.2. The Morgan fingerprint density at radius 1 is 1.44 bits per heavy atom. The largest absolute Gasteiger partial charge is 0.475 e. The summed E-state index contributed by atoms with van der Waals surface area (Å²) in [7, 11) is 0. The van der Waals surface area contributed by atoms with Gasteiger partial charge < -0.3 is 15.2 Å². The molecule has 0 radical (unpaired) electrons. The zero-order chi connectivity index (χ0) is 13.1. The van der Waals surface area contributed by atoms with E-state index in [1.54, 1.807) is 0 Å². The Kier molecular flexibility index (Phi) is 4.01. The Morgan fingerprint density at radius 3 is 2.78 bits per heavy atom. The lowest BCUT2D eigenvalue weighted by Gasteiger charge is -2.31. The van der Waals surface area contributed by atoms with E-state index < -0.39 is 0 Å². The Hall–Kier alpha value is -1.36. The number of hydrogen-bond donors (Lipinski definition) is 2. The number of nitrogens with zero attached hydrogens (tertiary/aromatic N) is 2. The van der Waals surface area contributed by atoms with Gasteiger partial charge in [-0.05, 0) is 39.5 Å². The van der Waals surface area contributed by atoms with E-state index in [4.69, 9.17) is 4.74 Å². The Bertz CT molecular complexity index is 403. The molecular formula is C13H21N3O2. The van der Waals surface area contributed by atoms with Crippen LogP contribution in [0.5, 0.6) is 5.88 Å². The molecule has 1 saturated carbocycles. The van der Waals surface area contributed by atoms with Gasteiger partial charge in [-0.25, -0.2) is 4.98 Å². The molecule has 0 spiro atoms. The standard InChI is InChI=1S/C13H21N3O2/c1-8(2)18-12-4-9(3)15-13(16-12)14-7-10-5-11(17)6-10/h4,8,10-11,17H,5-7H2,1-3H3,(H,14,15,16). The van der Waals surface area contributed by atoms with Gasteiger partial charge in [-0.3, -0.25) is 0 Å². The van der Waals surface area contributed by atoms with Crippen molar-refractivity contribution >= 4 is 5.95 Å². The van der Waals surface area contributed by atoms with Crippen LogP contribution < -0.4 is 10.1 Å². The van der Waals surface area contributed by atoms with Crippen molar-refractivity contribution in [2.75, 3.05) is 11.9 Å². The van der Waals surface area contributed by atoms with Gasteiger partial charge in [0.1, 0.15) is 0 Å². The summed E-state index contributed by atoms with van der Waals surface area (Å²) >= 11 is 0. The lowest BCUT2D eigenvalue weighted by molar-refractivity contribution is 0.0486. The summed E-state index contributed by atoms with van der Waals surface area (Å²) in [5.41, 5.74) is 0.886. The molecule has 0 saturated heterocycles. The van der Waals surface area contributed by atoms with Crippen LogP contribution in [0.25, 0.3) is 0 Å². The second kappa shape index (κ2) is 5.52. The van der Waals surface area contributed by atoms with Crippen LogP contribution in [0.2, 0.25) is 0 Å². The van der Waals surface area contributed by atoms with Crippen molar-refractivity contribution in [2.45, 2.75) is 45.8 Å². The molecule has 0 aliphatic heterocycles. The molecule has 2 N–H and O–H groups in total. The Labute approximate surface area is 108 Å². The van der Waals surface area contributed by atoms with Crippen molar-refractivity contribution < 1.29 is 9.84 Å². The van der Waals surface area contributed by atoms with E-state index in [0.717, 1.165) is 25.1 Å². The van der Waals surface area contributed by atoms with Gasteiger partial charge in [-0.15, -0.1) is 0 Å². The molecule has 0 atom stereocenters. The Morgan fingerprint density at radius 2 is 2.17 bits per heavy atom. The topological polar surface area (TPSA) is 67.3 Å². The second-order valence-corrected chi connectivity index (χ2v) is 5.21. The lowest BCUT2D eigenvalue weighted by Crippen LogP contribution is -2.33. The molecule has 100 valence electrons. The number of aromatic nitrogens is 2. The Balaban J connectivity index is 1.92. The minimum absolute atomic E-state index is 0.105. The third kappa shape index (κ3) is 3.57. The van der Waals surface area contributed by atoms with Gasteiger partial charge in [0.2, 0.25) is 11.8 Å². The SMILES string of the molecule is Cc1cc(OC(C)C)nc(NCC2CC(O)C2)n1. The van der Waals surface area contributed by atoms with Crippen LogP contribution in [0.4, 0.5) is 5.95 Å². The third-order valence-corrected chi connectivity index (χ3v) is 2.95. The molecule has 1 heterocycles. The maximum absolute atomic E-state index is 9.22. The van der Waals surface area contributed by atoms with Crippen molar-refractivity contribution in [1.29, 1.82) is 0 Å². The highest BCUT2D eigenvalue weighted by Crippen LogP contribution is 2.27. The van der Waals surface area contributed by atoms with Crippen LogP contribution in [0.3, 0.4) is 0 Å². The van der Waals surface area contributed by atoms with Crippen LogP contribution >= 0.6 is 0 Å². The van der Waals surface area contributed by atoms with Crippen molar-refractivity contribution in [2.24, 2.45) is 5.92 Å². The lowest BCUT2D eigenvalue weighted by atomic mass is 9.82. The van der Waals surface area contributed by atoms with Crippen LogP contribution in [0.1, 0.15) is 32.4 Å². The fourth-order valence-electron chi connectivity index (χ4n) is 2.02. The van der Waals surface area contributed by atoms with E-state index in [1.807, 2.05) is 26.8 Å². The summed E-state index contributed by atoms with van der Waals surface area (Å²) in [4.78, 5) is 8.64. The number of nitrogens with one attached hydrogen (secondary N) is 1. The number of anilines is 1. The van der Waals surface area contributed by atoms with Gasteiger partial charge in [-0.2, -0.15) is 4.98 Å². The highest BCUT2D eigenvalue weighted by atomic mass is 16.5. The van der Waals surface area contributed by atoms with E-state index in [9.17, 15) is 5.11 Å². The smallest absolute Gasteiger partial charge is 0.226 e. The van der Waals surface area contributed by atoms with Crippen molar-refractivity contribution in [3.8, 4) is 5.88 Å². The molecule has 5 heteroatoms. The monoisotopic (exact) mass is 251 g/mol. The molecule has 1 aliphatic carbocycles. The number of aliphatic hydroxyl groups is 1. The summed E-state index contributed by atoms with van der Waals surface area (Å²) in [5, 5.41) is 12.4. The van der Waals surface area contributed by atoms with E-state index in [2.05, 4.69) is 15.3 Å².